The molecule has 2 N–H and O–H groups in total. The molecule has 1 amide bonds. The molecule has 1 saturated heterocycles. The highest BCUT2D eigenvalue weighted by molar-refractivity contribution is 5.90. The van der Waals surface area contributed by atoms with Crippen LogP contribution in [0.2, 0.25) is 0 Å². The lowest BCUT2D eigenvalue weighted by Crippen LogP contribution is -2.26. The Morgan fingerprint density at radius 1 is 1.47 bits per heavy atom. The van der Waals surface area contributed by atoms with E-state index in [1.54, 1.807) is 0 Å². The smallest absolute Gasteiger partial charge is 0.221 e. The van der Waals surface area contributed by atoms with E-state index in [0.717, 1.165) is 36.6 Å². The summed E-state index contributed by atoms with van der Waals surface area (Å²) in [5, 5.41) is 6.35. The predicted octanol–water partition coefficient (Wildman–Crippen LogP) is 2.79. The largest absolute Gasteiger partial charge is 0.382 e. The third-order valence-corrected chi connectivity index (χ3v) is 3.61. The Bertz CT molecular complexity index is 453. The number of rotatable bonds is 4. The fraction of sp³-hybridized carbons (Fsp3) is 0.533. The van der Waals surface area contributed by atoms with Crippen molar-refractivity contribution >= 4 is 17.3 Å². The first-order valence-corrected chi connectivity index (χ1v) is 6.79. The molecule has 104 valence electrons. The molecule has 1 aromatic rings. The summed E-state index contributed by atoms with van der Waals surface area (Å²) in [5.74, 6) is 0.517. The highest BCUT2D eigenvalue weighted by atomic mass is 16.5. The Balaban J connectivity index is 2.05. The molecule has 0 aliphatic carbocycles. The second-order valence-corrected chi connectivity index (χ2v) is 5.27. The van der Waals surface area contributed by atoms with E-state index < -0.39 is 0 Å². The van der Waals surface area contributed by atoms with Crippen LogP contribution in [0.25, 0.3) is 0 Å². The maximum Gasteiger partial charge on any atom is 0.221 e. The summed E-state index contributed by atoms with van der Waals surface area (Å²) >= 11 is 0. The normalized spacial score (nSPS) is 20.1. The van der Waals surface area contributed by atoms with E-state index in [4.69, 9.17) is 4.74 Å². The fourth-order valence-electron chi connectivity index (χ4n) is 2.36. The van der Waals surface area contributed by atoms with E-state index >= 15 is 0 Å². The van der Waals surface area contributed by atoms with Gasteiger partial charge in [0.25, 0.3) is 0 Å². The minimum Gasteiger partial charge on any atom is -0.382 e. The molecule has 4 heteroatoms. The highest BCUT2D eigenvalue weighted by Crippen LogP contribution is 2.24. The van der Waals surface area contributed by atoms with Crippen LogP contribution in [0.3, 0.4) is 0 Å². The van der Waals surface area contributed by atoms with E-state index in [9.17, 15) is 4.79 Å². The molecule has 1 aromatic carbocycles. The van der Waals surface area contributed by atoms with Crippen LogP contribution in [0.4, 0.5) is 11.4 Å². The Labute approximate surface area is 114 Å². The van der Waals surface area contributed by atoms with Gasteiger partial charge in [-0.2, -0.15) is 0 Å². The summed E-state index contributed by atoms with van der Waals surface area (Å²) in [5.41, 5.74) is 2.97. The molecule has 1 fully saturated rings. The number of ether oxygens (including phenoxy) is 1. The van der Waals surface area contributed by atoms with Crippen LogP contribution in [0.5, 0.6) is 0 Å². The SMILES string of the molecule is CC(=O)Nc1cc(NC(C)C2CCOC2)ccc1C. The maximum absolute atomic E-state index is 11.2. The lowest BCUT2D eigenvalue weighted by atomic mass is 10.0. The monoisotopic (exact) mass is 262 g/mol. The van der Waals surface area contributed by atoms with Gasteiger partial charge in [0.05, 0.1) is 6.61 Å². The first-order chi connectivity index (χ1) is 9.06. The summed E-state index contributed by atoms with van der Waals surface area (Å²) in [7, 11) is 0. The van der Waals surface area contributed by atoms with E-state index in [0.29, 0.717) is 12.0 Å². The van der Waals surface area contributed by atoms with Gasteiger partial charge in [-0.05, 0) is 38.0 Å². The molecule has 0 spiro atoms. The topological polar surface area (TPSA) is 50.4 Å². The predicted molar refractivity (Wildman–Crippen MR) is 77.5 cm³/mol. The molecule has 2 rings (SSSR count). The number of carbonyl (C=O) groups excluding carboxylic acids is 1. The third kappa shape index (κ3) is 3.70. The van der Waals surface area contributed by atoms with Gasteiger partial charge in [0.2, 0.25) is 5.91 Å². The van der Waals surface area contributed by atoms with Crippen molar-refractivity contribution in [3.05, 3.63) is 23.8 Å². The second kappa shape index (κ2) is 6.06. The minimum atomic E-state index is -0.0440. The molecular formula is C15H22N2O2. The zero-order valence-corrected chi connectivity index (χ0v) is 11.8. The Hall–Kier alpha value is -1.55. The summed E-state index contributed by atoms with van der Waals surface area (Å²) in [6.45, 7) is 7.39. The van der Waals surface area contributed by atoms with Crippen LogP contribution in [0, 0.1) is 12.8 Å². The molecule has 1 aliphatic rings. The zero-order valence-electron chi connectivity index (χ0n) is 11.8. The molecule has 0 aromatic heterocycles. The number of aryl methyl sites for hydroxylation is 1. The number of carbonyl (C=O) groups is 1. The van der Waals surface area contributed by atoms with Gasteiger partial charge in [-0.3, -0.25) is 4.79 Å². The van der Waals surface area contributed by atoms with Gasteiger partial charge in [0.15, 0.2) is 0 Å². The molecule has 2 atom stereocenters. The van der Waals surface area contributed by atoms with Crippen molar-refractivity contribution in [3.63, 3.8) is 0 Å². The van der Waals surface area contributed by atoms with Crippen LogP contribution in [-0.2, 0) is 9.53 Å². The number of benzene rings is 1. The molecule has 2 unspecified atom stereocenters. The van der Waals surface area contributed by atoms with Gasteiger partial charge in [-0.1, -0.05) is 6.07 Å². The van der Waals surface area contributed by atoms with E-state index in [-0.39, 0.29) is 5.91 Å². The van der Waals surface area contributed by atoms with Crippen LogP contribution >= 0.6 is 0 Å². The van der Waals surface area contributed by atoms with E-state index in [2.05, 4.69) is 17.6 Å². The number of anilines is 2. The first-order valence-electron chi connectivity index (χ1n) is 6.79. The molecule has 0 bridgehead atoms. The maximum atomic E-state index is 11.2. The number of hydrogen-bond donors (Lipinski definition) is 2. The van der Waals surface area contributed by atoms with Crippen molar-refractivity contribution in [2.45, 2.75) is 33.2 Å². The Morgan fingerprint density at radius 2 is 2.26 bits per heavy atom. The van der Waals surface area contributed by atoms with Gasteiger partial charge in [-0.15, -0.1) is 0 Å². The van der Waals surface area contributed by atoms with Crippen molar-refractivity contribution in [1.29, 1.82) is 0 Å². The summed E-state index contributed by atoms with van der Waals surface area (Å²) in [4.78, 5) is 11.2. The standard InChI is InChI=1S/C15H22N2O2/c1-10-4-5-14(8-15(10)17-12(3)18)16-11(2)13-6-7-19-9-13/h4-5,8,11,13,16H,6-7,9H2,1-3H3,(H,17,18). The summed E-state index contributed by atoms with van der Waals surface area (Å²) in [6.07, 6.45) is 1.11. The van der Waals surface area contributed by atoms with Crippen molar-refractivity contribution in [2.75, 3.05) is 23.8 Å². The van der Waals surface area contributed by atoms with E-state index in [1.165, 1.54) is 6.92 Å². The van der Waals surface area contributed by atoms with Gasteiger partial charge in [0, 0.05) is 36.9 Å². The lowest BCUT2D eigenvalue weighted by Gasteiger charge is -2.21. The van der Waals surface area contributed by atoms with Crippen molar-refractivity contribution in [3.8, 4) is 0 Å². The lowest BCUT2D eigenvalue weighted by molar-refractivity contribution is -0.114. The molecule has 1 aliphatic heterocycles. The van der Waals surface area contributed by atoms with Crippen molar-refractivity contribution in [2.24, 2.45) is 5.92 Å². The third-order valence-electron chi connectivity index (χ3n) is 3.61. The summed E-state index contributed by atoms with van der Waals surface area (Å²) < 4.78 is 5.41. The average Bonchev–Trinajstić information content (AvgIpc) is 2.86. The van der Waals surface area contributed by atoms with E-state index in [1.807, 2.05) is 25.1 Å². The molecule has 19 heavy (non-hydrogen) atoms. The molecular weight excluding hydrogens is 240 g/mol. The first kappa shape index (κ1) is 13.9. The van der Waals surface area contributed by atoms with Gasteiger partial charge < -0.3 is 15.4 Å². The molecule has 1 heterocycles. The molecule has 0 radical (unpaired) electrons. The number of nitrogens with one attached hydrogen (secondary N) is 2. The van der Waals surface area contributed by atoms with Crippen molar-refractivity contribution < 1.29 is 9.53 Å². The van der Waals surface area contributed by atoms with Gasteiger partial charge >= 0.3 is 0 Å². The summed E-state index contributed by atoms with van der Waals surface area (Å²) in [6, 6.07) is 6.43. The van der Waals surface area contributed by atoms with Crippen LogP contribution in [0.15, 0.2) is 18.2 Å². The van der Waals surface area contributed by atoms with Crippen LogP contribution < -0.4 is 10.6 Å². The average molecular weight is 262 g/mol. The number of hydrogen-bond acceptors (Lipinski definition) is 3. The molecule has 0 saturated carbocycles. The Morgan fingerprint density at radius 3 is 2.89 bits per heavy atom. The van der Waals surface area contributed by atoms with Crippen LogP contribution in [-0.4, -0.2) is 25.2 Å². The minimum absolute atomic E-state index is 0.0440. The molecule has 4 nitrogen and oxygen atoms in total. The highest BCUT2D eigenvalue weighted by Gasteiger charge is 2.22. The fourth-order valence-corrected chi connectivity index (χ4v) is 2.36. The second-order valence-electron chi connectivity index (χ2n) is 5.27. The van der Waals surface area contributed by atoms with Crippen LogP contribution in [0.1, 0.15) is 25.8 Å². The van der Waals surface area contributed by atoms with Gasteiger partial charge in [-0.25, -0.2) is 0 Å². The Kier molecular flexibility index (Phi) is 4.43. The zero-order chi connectivity index (χ0) is 13.8. The van der Waals surface area contributed by atoms with Crippen molar-refractivity contribution in [1.82, 2.24) is 0 Å². The number of amides is 1. The van der Waals surface area contributed by atoms with Gasteiger partial charge in [0.1, 0.15) is 0 Å². The quantitative estimate of drug-likeness (QED) is 0.877.